The van der Waals surface area contributed by atoms with Gasteiger partial charge < -0.3 is 22.1 Å². The van der Waals surface area contributed by atoms with Crippen LogP contribution in [0.2, 0.25) is 0 Å². The Labute approximate surface area is 129 Å². The van der Waals surface area contributed by atoms with Crippen molar-refractivity contribution in [3.05, 3.63) is 4.91 Å². The zero-order valence-corrected chi connectivity index (χ0v) is 12.7. The van der Waals surface area contributed by atoms with E-state index in [2.05, 4.69) is 10.6 Å². The topological polar surface area (TPSA) is 149 Å². The summed E-state index contributed by atoms with van der Waals surface area (Å²) in [5.41, 5.74) is 10.2. The summed E-state index contributed by atoms with van der Waals surface area (Å²) in [6.45, 7) is 1.33. The summed E-state index contributed by atoms with van der Waals surface area (Å²) in [4.78, 5) is 42.3. The number of rotatable bonds is 14. The number of nitrogens with two attached hydrogens (primary N) is 2. The van der Waals surface area contributed by atoms with Gasteiger partial charge in [-0.15, -0.1) is 0 Å². The predicted molar refractivity (Wildman–Crippen MR) is 78.1 cm³/mol. The second-order valence-corrected chi connectivity index (χ2v) is 4.41. The molecule has 0 rings (SSSR count). The molecule has 0 aromatic rings. The molecule has 0 aliphatic carbocycles. The van der Waals surface area contributed by atoms with Crippen molar-refractivity contribution < 1.29 is 24.4 Å². The van der Waals surface area contributed by atoms with Crippen LogP contribution in [0.4, 0.5) is 0 Å². The molecule has 2 amide bonds. The van der Waals surface area contributed by atoms with Gasteiger partial charge in [0, 0.05) is 13.1 Å². The normalized spacial score (nSPS) is 9.91. The summed E-state index contributed by atoms with van der Waals surface area (Å²) in [5.74, 6) is -0.422. The lowest BCUT2D eigenvalue weighted by Gasteiger charge is -2.02. The minimum Gasteiger partial charge on any atom is -0.355 e. The first-order chi connectivity index (χ1) is 10.6. The highest BCUT2D eigenvalue weighted by Gasteiger charge is 2.11. The monoisotopic (exact) mass is 320 g/mol. The molecule has 0 fully saturated rings. The van der Waals surface area contributed by atoms with Crippen molar-refractivity contribution in [2.24, 2.45) is 11.5 Å². The maximum atomic E-state index is 11.1. The molecule has 22 heavy (non-hydrogen) atoms. The number of hydrogen-bond donors (Lipinski definition) is 4. The zero-order valence-electron chi connectivity index (χ0n) is 12.7. The van der Waals surface area contributed by atoms with Crippen molar-refractivity contribution in [3.8, 4) is 0 Å². The fourth-order valence-electron chi connectivity index (χ4n) is 1.37. The molecule has 10 heteroatoms. The first-order valence-corrected chi connectivity index (χ1v) is 7.26. The molecule has 0 saturated heterocycles. The van der Waals surface area contributed by atoms with Crippen LogP contribution in [0.1, 0.15) is 25.7 Å². The number of amides is 2. The largest absolute Gasteiger partial charge is 0.477 e. The maximum Gasteiger partial charge on any atom is 0.477 e. The highest BCUT2D eigenvalue weighted by atomic mass is 17.0. The summed E-state index contributed by atoms with van der Waals surface area (Å²) in [6, 6.07) is 0. The van der Waals surface area contributed by atoms with E-state index in [0.29, 0.717) is 38.8 Å². The number of carbonyl (C=O) groups excluding carboxylic acids is 2. The third-order valence-corrected chi connectivity index (χ3v) is 2.55. The molecular weight excluding hydrogens is 294 g/mol. The molecule has 6 N–H and O–H groups in total. The molecule has 0 atom stereocenters. The Morgan fingerprint density at radius 2 is 1.23 bits per heavy atom. The molecule has 0 spiro atoms. The summed E-state index contributed by atoms with van der Waals surface area (Å²) in [6.07, 6.45) is 2.58. The van der Waals surface area contributed by atoms with Crippen LogP contribution in [0.15, 0.2) is 0 Å². The van der Waals surface area contributed by atoms with Crippen molar-refractivity contribution in [2.75, 3.05) is 39.4 Å². The summed E-state index contributed by atoms with van der Waals surface area (Å²) in [5, 5.41) is 5.29. The number of hydrogen-bond acceptors (Lipinski definition) is 7. The molecule has 0 heterocycles. The van der Waals surface area contributed by atoms with Crippen molar-refractivity contribution in [1.82, 2.24) is 10.6 Å². The highest BCUT2D eigenvalue weighted by Crippen LogP contribution is 1.93. The van der Waals surface area contributed by atoms with Crippen molar-refractivity contribution in [2.45, 2.75) is 25.7 Å². The summed E-state index contributed by atoms with van der Waals surface area (Å²) in [7, 11) is 0. The Hall–Kier alpha value is -1.94. The van der Waals surface area contributed by atoms with E-state index in [1.165, 1.54) is 0 Å². The molecule has 10 nitrogen and oxygen atoms in total. The molecule has 0 radical (unpaired) electrons. The van der Waals surface area contributed by atoms with Crippen molar-refractivity contribution in [3.63, 3.8) is 0 Å². The van der Waals surface area contributed by atoms with Gasteiger partial charge in [0.1, 0.15) is 4.91 Å². The average Bonchev–Trinajstić information content (AvgIpc) is 2.53. The second-order valence-electron chi connectivity index (χ2n) is 4.41. The number of unbranched alkanes of at least 4 members (excludes halogenated alkanes) is 2. The molecule has 0 aromatic heterocycles. The highest BCUT2D eigenvalue weighted by molar-refractivity contribution is 5.77. The summed E-state index contributed by atoms with van der Waals surface area (Å²) >= 11 is 0. The third-order valence-electron chi connectivity index (χ3n) is 2.55. The number of nitrogens with zero attached hydrogens (tertiary/aromatic N) is 1. The molecule has 0 unspecified atom stereocenters. The smallest absolute Gasteiger partial charge is 0.355 e. The molecule has 0 aliphatic rings. The van der Waals surface area contributed by atoms with Crippen LogP contribution in [0.5, 0.6) is 0 Å². The van der Waals surface area contributed by atoms with Gasteiger partial charge in [-0.1, -0.05) is 0 Å². The average molecular weight is 320 g/mol. The van der Waals surface area contributed by atoms with Gasteiger partial charge in [-0.3, -0.25) is 9.59 Å². The number of nitrogens with one attached hydrogen (secondary N) is 2. The van der Waals surface area contributed by atoms with Gasteiger partial charge >= 0.3 is 5.09 Å². The Morgan fingerprint density at radius 3 is 1.59 bits per heavy atom. The third kappa shape index (κ3) is 13.1. The van der Waals surface area contributed by atoms with Crippen LogP contribution in [0.3, 0.4) is 0 Å². The fourth-order valence-corrected chi connectivity index (χ4v) is 1.37. The van der Waals surface area contributed by atoms with Gasteiger partial charge in [0.15, 0.2) is 13.2 Å². The molecule has 0 aromatic carbocycles. The van der Waals surface area contributed by atoms with E-state index in [1.54, 1.807) is 0 Å². The van der Waals surface area contributed by atoms with E-state index >= 15 is 0 Å². The Bertz CT molecular complexity index is 310. The molecule has 0 aliphatic heterocycles. The van der Waals surface area contributed by atoms with Crippen molar-refractivity contribution in [1.29, 1.82) is 0 Å². The zero-order chi connectivity index (χ0) is 16.6. The van der Waals surface area contributed by atoms with Crippen LogP contribution in [0.25, 0.3) is 0 Å². The lowest BCUT2D eigenvalue weighted by Crippen LogP contribution is -2.31. The lowest BCUT2D eigenvalue weighted by molar-refractivity contribution is -0.981. The SMILES string of the molecule is NCC(=O)NCCCCO[N+](=O)OCCCCNC(=O)CN. The fraction of sp³-hybridized carbons (Fsp3) is 0.833. The van der Waals surface area contributed by atoms with E-state index in [4.69, 9.17) is 21.1 Å². The molecule has 0 bridgehead atoms. The van der Waals surface area contributed by atoms with Gasteiger partial charge in [0.05, 0.1) is 13.1 Å². The molecular formula is C12H26N5O5+. The van der Waals surface area contributed by atoms with E-state index in [-0.39, 0.29) is 43.2 Å². The minimum atomic E-state index is -0.211. The maximum absolute atomic E-state index is 11.1. The quantitative estimate of drug-likeness (QED) is 0.221. The van der Waals surface area contributed by atoms with Crippen LogP contribution >= 0.6 is 0 Å². The Morgan fingerprint density at radius 1 is 0.818 bits per heavy atom. The van der Waals surface area contributed by atoms with Gasteiger partial charge in [-0.05, 0) is 25.7 Å². The van der Waals surface area contributed by atoms with Gasteiger partial charge in [0.25, 0.3) is 0 Å². The van der Waals surface area contributed by atoms with Gasteiger partial charge in [-0.2, -0.15) is 9.68 Å². The Balaban J connectivity index is 3.29. The van der Waals surface area contributed by atoms with Crippen LogP contribution in [0, 0.1) is 4.91 Å². The second kappa shape index (κ2) is 14.0. The van der Waals surface area contributed by atoms with Gasteiger partial charge in [0.2, 0.25) is 11.8 Å². The van der Waals surface area contributed by atoms with E-state index in [1.807, 2.05) is 0 Å². The Kier molecular flexibility index (Phi) is 12.8. The van der Waals surface area contributed by atoms with Crippen LogP contribution < -0.4 is 22.1 Å². The van der Waals surface area contributed by atoms with Gasteiger partial charge in [-0.25, -0.2) is 0 Å². The minimum absolute atomic E-state index is 0.0332. The van der Waals surface area contributed by atoms with Crippen LogP contribution in [-0.2, 0) is 19.3 Å². The standard InChI is InChI=1S/C12H25N5O5/c13-9-11(18)15-5-1-3-7-21-17(20)22-8-4-2-6-16-12(19)10-14/h1-10,13-14H2,(H-,15,16,18,19)/p+1. The molecule has 0 saturated carbocycles. The first-order valence-electron chi connectivity index (χ1n) is 7.26. The predicted octanol–water partition coefficient (Wildman–Crippen LogP) is -1.66. The van der Waals surface area contributed by atoms with E-state index < -0.39 is 0 Å². The van der Waals surface area contributed by atoms with E-state index in [0.717, 1.165) is 0 Å². The van der Waals surface area contributed by atoms with Crippen molar-refractivity contribution >= 4 is 11.8 Å². The van der Waals surface area contributed by atoms with E-state index in [9.17, 15) is 14.5 Å². The van der Waals surface area contributed by atoms with Crippen LogP contribution in [-0.4, -0.2) is 56.3 Å². The number of carbonyl (C=O) groups is 2. The summed E-state index contributed by atoms with van der Waals surface area (Å²) < 4.78 is 0. The molecule has 128 valence electrons. The first kappa shape index (κ1) is 20.1. The lowest BCUT2D eigenvalue weighted by atomic mass is 10.3.